The first-order valence-electron chi connectivity index (χ1n) is 21.6. The molecular weight excluding hydrogens is 773 g/mol. The molecule has 6 heteroatoms. The predicted octanol–water partition coefficient (Wildman–Crippen LogP) is 13.9. The maximum absolute atomic E-state index is 7.20. The Morgan fingerprint density at radius 1 is 0.429 bits per heavy atom. The molecule has 5 heterocycles. The topological polar surface area (TPSA) is 48.0 Å². The molecular formula is C57H36BNO4. The lowest BCUT2D eigenvalue weighted by Gasteiger charge is -2.43. The zero-order valence-electron chi connectivity index (χ0n) is 34.7. The highest BCUT2D eigenvalue weighted by atomic mass is 16.5. The van der Waals surface area contributed by atoms with Gasteiger partial charge in [-0.1, -0.05) is 109 Å². The van der Waals surface area contributed by atoms with Crippen molar-refractivity contribution in [3.05, 3.63) is 180 Å². The molecule has 11 aromatic rings. The quantitative estimate of drug-likeness (QED) is 0.166. The van der Waals surface area contributed by atoms with Crippen molar-refractivity contribution in [1.82, 2.24) is 0 Å². The summed E-state index contributed by atoms with van der Waals surface area (Å²) in [7, 11) is 0. The van der Waals surface area contributed by atoms with Crippen LogP contribution in [0.25, 0.3) is 77.3 Å². The third-order valence-electron chi connectivity index (χ3n) is 13.6. The van der Waals surface area contributed by atoms with E-state index in [-0.39, 0.29) is 6.71 Å². The monoisotopic (exact) mass is 809 g/mol. The average molecular weight is 810 g/mol. The lowest BCUT2D eigenvalue weighted by Crippen LogP contribution is -2.61. The van der Waals surface area contributed by atoms with E-state index in [2.05, 4.69) is 159 Å². The van der Waals surface area contributed by atoms with Crippen LogP contribution in [0.5, 0.6) is 23.0 Å². The number of anilines is 3. The molecule has 0 bridgehead atoms. The summed E-state index contributed by atoms with van der Waals surface area (Å²) in [5, 5.41) is 4.35. The van der Waals surface area contributed by atoms with Crippen LogP contribution in [-0.4, -0.2) is 6.71 Å². The fraction of sp³-hybridized carbons (Fsp3) is 0.0526. The fourth-order valence-electron chi connectivity index (χ4n) is 11.1. The molecule has 0 atom stereocenters. The molecule has 0 saturated carbocycles. The molecule has 3 aliphatic heterocycles. The normalized spacial score (nSPS) is 13.2. The minimum atomic E-state index is -0.174. The number of para-hydroxylation sites is 4. The van der Waals surface area contributed by atoms with Gasteiger partial charge >= 0.3 is 0 Å². The van der Waals surface area contributed by atoms with Gasteiger partial charge in [-0.25, -0.2) is 0 Å². The lowest BCUT2D eigenvalue weighted by atomic mass is 9.33. The summed E-state index contributed by atoms with van der Waals surface area (Å²) in [4.78, 5) is 2.40. The van der Waals surface area contributed by atoms with Gasteiger partial charge in [-0.3, -0.25) is 0 Å². The van der Waals surface area contributed by atoms with E-state index < -0.39 is 0 Å². The standard InChI is InChI=1S/C57H36BNO4/c1-31-29-32(2)50(33(3)30-31)34-21-23-35(24-22-34)59-44-27-25-42(40-15-8-13-38-36-11-4-6-17-46(36)60-54(38)40)56-51(44)58-52-45(59)28-26-43(57(52)63-49-20-10-19-48(62-56)53(49)58)41-16-9-14-39-37-12-5-7-18-47(37)61-55(39)41/h4-30H,1-3H3. The van der Waals surface area contributed by atoms with E-state index in [1.54, 1.807) is 0 Å². The summed E-state index contributed by atoms with van der Waals surface area (Å²) in [5.41, 5.74) is 20.1. The molecule has 0 fully saturated rings. The first-order chi connectivity index (χ1) is 31.0. The van der Waals surface area contributed by atoms with Crippen molar-refractivity contribution >= 4 is 84.0 Å². The van der Waals surface area contributed by atoms with Gasteiger partial charge in [0.2, 0.25) is 0 Å². The number of aryl methyl sites for hydroxylation is 3. The van der Waals surface area contributed by atoms with Crippen molar-refractivity contribution in [2.45, 2.75) is 20.8 Å². The van der Waals surface area contributed by atoms with Gasteiger partial charge < -0.3 is 23.2 Å². The van der Waals surface area contributed by atoms with Gasteiger partial charge in [-0.2, -0.15) is 0 Å². The molecule has 0 saturated heterocycles. The molecule has 3 aliphatic rings. The zero-order chi connectivity index (χ0) is 41.7. The van der Waals surface area contributed by atoms with Gasteiger partial charge in [-0.05, 0) is 115 Å². The summed E-state index contributed by atoms with van der Waals surface area (Å²) in [6.45, 7) is 6.41. The van der Waals surface area contributed by atoms with Crippen molar-refractivity contribution in [2.75, 3.05) is 4.90 Å². The third-order valence-corrected chi connectivity index (χ3v) is 13.6. The highest BCUT2D eigenvalue weighted by molar-refractivity contribution is 7.00. The number of hydrogen-bond donors (Lipinski definition) is 0. The van der Waals surface area contributed by atoms with Crippen LogP contribution in [0.2, 0.25) is 0 Å². The number of nitrogens with zero attached hydrogens (tertiary/aromatic N) is 1. The Kier molecular flexibility index (Phi) is 6.92. The van der Waals surface area contributed by atoms with Crippen molar-refractivity contribution in [2.24, 2.45) is 0 Å². The molecule has 63 heavy (non-hydrogen) atoms. The Bertz CT molecular complexity index is 3580. The Hall–Kier alpha value is -7.96. The Morgan fingerprint density at radius 3 is 1.46 bits per heavy atom. The van der Waals surface area contributed by atoms with Gasteiger partial charge in [0, 0.05) is 66.3 Å². The molecule has 0 amide bonds. The number of rotatable bonds is 4. The van der Waals surface area contributed by atoms with E-state index in [9.17, 15) is 0 Å². The molecule has 2 aromatic heterocycles. The highest BCUT2D eigenvalue weighted by Crippen LogP contribution is 2.52. The van der Waals surface area contributed by atoms with Crippen LogP contribution in [-0.2, 0) is 0 Å². The molecule has 0 aliphatic carbocycles. The van der Waals surface area contributed by atoms with Crippen molar-refractivity contribution in [3.8, 4) is 56.4 Å². The first kappa shape index (κ1) is 34.7. The summed E-state index contributed by atoms with van der Waals surface area (Å²) in [5.74, 6) is 3.24. The molecule has 9 aromatic carbocycles. The van der Waals surface area contributed by atoms with E-state index in [1.807, 2.05) is 30.3 Å². The molecule has 14 rings (SSSR count). The van der Waals surface area contributed by atoms with E-state index in [0.29, 0.717) is 0 Å². The average Bonchev–Trinajstić information content (AvgIpc) is 3.88. The van der Waals surface area contributed by atoms with Crippen molar-refractivity contribution in [1.29, 1.82) is 0 Å². The van der Waals surface area contributed by atoms with Gasteiger partial charge in [0.25, 0.3) is 6.71 Å². The maximum atomic E-state index is 7.20. The largest absolute Gasteiger partial charge is 0.458 e. The van der Waals surface area contributed by atoms with Gasteiger partial charge in [0.15, 0.2) is 0 Å². The van der Waals surface area contributed by atoms with E-state index in [0.717, 1.165) is 123 Å². The van der Waals surface area contributed by atoms with Crippen LogP contribution in [0.1, 0.15) is 16.7 Å². The van der Waals surface area contributed by atoms with Gasteiger partial charge in [0.1, 0.15) is 45.3 Å². The Morgan fingerprint density at radius 2 is 0.921 bits per heavy atom. The van der Waals surface area contributed by atoms with Crippen molar-refractivity contribution in [3.63, 3.8) is 0 Å². The van der Waals surface area contributed by atoms with Crippen LogP contribution in [0, 0.1) is 20.8 Å². The molecule has 5 nitrogen and oxygen atoms in total. The van der Waals surface area contributed by atoms with Crippen molar-refractivity contribution < 1.29 is 18.3 Å². The van der Waals surface area contributed by atoms with Crippen LogP contribution < -0.4 is 30.8 Å². The number of fused-ring (bicyclic) bond motifs is 6. The molecule has 0 unspecified atom stereocenters. The summed E-state index contributed by atoms with van der Waals surface area (Å²) >= 11 is 0. The van der Waals surface area contributed by atoms with Gasteiger partial charge in [-0.15, -0.1) is 0 Å². The number of benzene rings is 9. The number of ether oxygens (including phenoxy) is 2. The Labute approximate surface area is 363 Å². The van der Waals surface area contributed by atoms with Crippen LogP contribution in [0.3, 0.4) is 0 Å². The van der Waals surface area contributed by atoms with E-state index in [4.69, 9.17) is 18.3 Å². The lowest BCUT2D eigenvalue weighted by molar-refractivity contribution is 0.466. The van der Waals surface area contributed by atoms with E-state index in [1.165, 1.54) is 27.8 Å². The van der Waals surface area contributed by atoms with Crippen LogP contribution in [0.4, 0.5) is 17.1 Å². The second-order valence-electron chi connectivity index (χ2n) is 17.3. The summed E-state index contributed by atoms with van der Waals surface area (Å²) in [6.07, 6.45) is 0. The number of hydrogen-bond acceptors (Lipinski definition) is 5. The van der Waals surface area contributed by atoms with Crippen LogP contribution in [0.15, 0.2) is 173 Å². The van der Waals surface area contributed by atoms with E-state index >= 15 is 0 Å². The third kappa shape index (κ3) is 4.72. The van der Waals surface area contributed by atoms with Crippen LogP contribution >= 0.6 is 0 Å². The molecule has 0 N–H and O–H groups in total. The molecule has 296 valence electrons. The summed E-state index contributed by atoms with van der Waals surface area (Å²) < 4.78 is 27.7. The zero-order valence-corrected chi connectivity index (χ0v) is 34.7. The highest BCUT2D eigenvalue weighted by Gasteiger charge is 2.49. The minimum Gasteiger partial charge on any atom is -0.458 e. The fourth-order valence-corrected chi connectivity index (χ4v) is 11.1. The maximum Gasteiger partial charge on any atom is 0.266 e. The molecule has 0 radical (unpaired) electrons. The SMILES string of the molecule is Cc1cc(C)c(-c2ccc(N3c4ccc(-c5cccc6c5oc5ccccc56)c5c4B4c6c(cccc6Oc6c(-c7cccc8c7oc7ccccc78)ccc3c64)O5)cc2)c(C)c1. The second-order valence-corrected chi connectivity index (χ2v) is 17.3. The second kappa shape index (κ2) is 12.6. The Balaban J connectivity index is 1.05. The minimum absolute atomic E-state index is 0.174. The smallest absolute Gasteiger partial charge is 0.266 e. The predicted molar refractivity (Wildman–Crippen MR) is 257 cm³/mol. The molecule has 0 spiro atoms. The van der Waals surface area contributed by atoms with Gasteiger partial charge in [0.05, 0.1) is 0 Å². The number of furan rings is 2. The first-order valence-corrected chi connectivity index (χ1v) is 21.6. The summed E-state index contributed by atoms with van der Waals surface area (Å²) in [6, 6.07) is 58.1.